The van der Waals surface area contributed by atoms with E-state index in [1.807, 2.05) is 12.1 Å². The number of methoxy groups -OCH3 is 1. The fourth-order valence-corrected chi connectivity index (χ4v) is 3.39. The van der Waals surface area contributed by atoms with E-state index in [0.717, 1.165) is 57.6 Å². The lowest BCUT2D eigenvalue weighted by molar-refractivity contribution is 0.00863. The fourth-order valence-electron chi connectivity index (χ4n) is 3.39. The quantitative estimate of drug-likeness (QED) is 0.558. The Bertz CT molecular complexity index is 568. The summed E-state index contributed by atoms with van der Waals surface area (Å²) in [6, 6.07) is 8.64. The van der Waals surface area contributed by atoms with Gasteiger partial charge in [-0.15, -0.1) is 0 Å². The Labute approximate surface area is 164 Å². The lowest BCUT2D eigenvalue weighted by Gasteiger charge is -2.36. The zero-order valence-electron chi connectivity index (χ0n) is 17.6. The predicted octanol–water partition coefficient (Wildman–Crippen LogP) is 2.45. The zero-order valence-corrected chi connectivity index (χ0v) is 17.6. The Hall–Kier alpha value is -1.79. The molecule has 6 heteroatoms. The van der Waals surface area contributed by atoms with Crippen molar-refractivity contribution >= 4 is 5.96 Å². The van der Waals surface area contributed by atoms with Gasteiger partial charge in [0.1, 0.15) is 5.75 Å². The summed E-state index contributed by atoms with van der Waals surface area (Å²) in [5.74, 6) is 2.39. The number of nitrogens with zero attached hydrogens (tertiary/aromatic N) is 3. The first-order chi connectivity index (χ1) is 13.0. The maximum absolute atomic E-state index is 5.51. The van der Waals surface area contributed by atoms with Gasteiger partial charge in [0.15, 0.2) is 5.96 Å². The largest absolute Gasteiger partial charge is 0.497 e. The van der Waals surface area contributed by atoms with Crippen LogP contribution in [-0.2, 0) is 11.3 Å². The predicted molar refractivity (Wildman–Crippen MR) is 111 cm³/mol. The molecule has 1 fully saturated rings. The lowest BCUT2D eigenvalue weighted by Crippen LogP contribution is -2.48. The molecule has 2 rings (SSSR count). The number of benzene rings is 1. The maximum atomic E-state index is 5.51. The van der Waals surface area contributed by atoms with E-state index in [0.29, 0.717) is 12.0 Å². The van der Waals surface area contributed by atoms with Gasteiger partial charge in [-0.1, -0.05) is 26.0 Å². The van der Waals surface area contributed by atoms with Gasteiger partial charge in [-0.25, -0.2) is 0 Å². The molecular weight excluding hydrogens is 340 g/mol. The van der Waals surface area contributed by atoms with Gasteiger partial charge in [-0.05, 0) is 30.5 Å². The molecule has 1 aromatic carbocycles. The molecule has 0 saturated carbocycles. The van der Waals surface area contributed by atoms with E-state index in [1.165, 1.54) is 5.56 Å². The first-order valence-electron chi connectivity index (χ1n) is 9.99. The van der Waals surface area contributed by atoms with Crippen LogP contribution >= 0.6 is 0 Å². The highest BCUT2D eigenvalue weighted by molar-refractivity contribution is 5.79. The highest BCUT2D eigenvalue weighted by atomic mass is 16.5. The number of morpholine rings is 1. The normalized spacial score (nSPS) is 17.0. The smallest absolute Gasteiger partial charge is 0.194 e. The third kappa shape index (κ3) is 6.70. The second-order valence-electron chi connectivity index (χ2n) is 7.36. The molecule has 0 bridgehead atoms. The summed E-state index contributed by atoms with van der Waals surface area (Å²) >= 11 is 0. The molecule has 0 amide bonds. The number of ether oxygens (including phenoxy) is 2. The van der Waals surface area contributed by atoms with Crippen molar-refractivity contribution in [1.29, 1.82) is 0 Å². The summed E-state index contributed by atoms with van der Waals surface area (Å²) < 4.78 is 10.7. The van der Waals surface area contributed by atoms with Gasteiger partial charge in [-0.2, -0.15) is 0 Å². The van der Waals surface area contributed by atoms with Crippen LogP contribution in [0.25, 0.3) is 0 Å². The number of guanidine groups is 1. The first kappa shape index (κ1) is 21.5. The van der Waals surface area contributed by atoms with Crippen LogP contribution < -0.4 is 10.1 Å². The minimum Gasteiger partial charge on any atom is -0.497 e. The van der Waals surface area contributed by atoms with Crippen molar-refractivity contribution in [2.24, 2.45) is 10.9 Å². The monoisotopic (exact) mass is 376 g/mol. The lowest BCUT2D eigenvalue weighted by atomic mass is 10.0. The molecule has 1 N–H and O–H groups in total. The third-order valence-corrected chi connectivity index (χ3v) is 4.99. The maximum Gasteiger partial charge on any atom is 0.194 e. The Morgan fingerprint density at radius 1 is 1.26 bits per heavy atom. The Balaban J connectivity index is 2.03. The molecule has 0 spiro atoms. The van der Waals surface area contributed by atoms with E-state index in [-0.39, 0.29) is 0 Å². The van der Waals surface area contributed by atoms with Crippen molar-refractivity contribution in [2.45, 2.75) is 33.4 Å². The van der Waals surface area contributed by atoms with Crippen molar-refractivity contribution in [1.82, 2.24) is 15.1 Å². The number of hydrogen-bond acceptors (Lipinski definition) is 4. The van der Waals surface area contributed by atoms with Crippen molar-refractivity contribution in [3.05, 3.63) is 29.8 Å². The second-order valence-corrected chi connectivity index (χ2v) is 7.36. The molecule has 27 heavy (non-hydrogen) atoms. The van der Waals surface area contributed by atoms with Crippen molar-refractivity contribution in [2.75, 3.05) is 53.6 Å². The van der Waals surface area contributed by atoms with Crippen LogP contribution in [0.5, 0.6) is 5.75 Å². The van der Waals surface area contributed by atoms with E-state index < -0.39 is 0 Å². The highest BCUT2D eigenvalue weighted by Crippen LogP contribution is 2.15. The van der Waals surface area contributed by atoms with E-state index in [4.69, 9.17) is 14.5 Å². The van der Waals surface area contributed by atoms with Crippen LogP contribution in [0, 0.1) is 5.92 Å². The molecule has 1 heterocycles. The molecule has 1 aliphatic heterocycles. The molecule has 1 saturated heterocycles. The molecule has 0 aliphatic carbocycles. The summed E-state index contributed by atoms with van der Waals surface area (Å²) in [6.45, 7) is 12.8. The van der Waals surface area contributed by atoms with Gasteiger partial charge in [0, 0.05) is 39.3 Å². The van der Waals surface area contributed by atoms with Crippen LogP contribution in [0.1, 0.15) is 26.3 Å². The molecule has 1 atom stereocenters. The average Bonchev–Trinajstić information content (AvgIpc) is 2.68. The molecule has 1 unspecified atom stereocenters. The van der Waals surface area contributed by atoms with E-state index in [2.05, 4.69) is 55.1 Å². The second kappa shape index (κ2) is 11.1. The van der Waals surface area contributed by atoms with Crippen LogP contribution in [-0.4, -0.2) is 75.4 Å². The van der Waals surface area contributed by atoms with Gasteiger partial charge in [0.25, 0.3) is 0 Å². The first-order valence-corrected chi connectivity index (χ1v) is 9.99. The van der Waals surface area contributed by atoms with Gasteiger partial charge < -0.3 is 19.7 Å². The minimum atomic E-state index is 0.442. The molecule has 1 aliphatic rings. The fraction of sp³-hybridized carbons (Fsp3) is 0.667. The van der Waals surface area contributed by atoms with Crippen LogP contribution in [0.2, 0.25) is 0 Å². The summed E-state index contributed by atoms with van der Waals surface area (Å²) in [6.07, 6.45) is 0. The summed E-state index contributed by atoms with van der Waals surface area (Å²) in [4.78, 5) is 9.67. The van der Waals surface area contributed by atoms with Gasteiger partial charge in [0.05, 0.1) is 26.9 Å². The molecular formula is C21H36N4O2. The topological polar surface area (TPSA) is 49.3 Å². The summed E-state index contributed by atoms with van der Waals surface area (Å²) in [5, 5.41) is 3.43. The van der Waals surface area contributed by atoms with Crippen molar-refractivity contribution in [3.8, 4) is 5.75 Å². The summed E-state index contributed by atoms with van der Waals surface area (Å²) in [7, 11) is 3.78. The number of aliphatic imine (C=N–C) groups is 1. The molecule has 152 valence electrons. The van der Waals surface area contributed by atoms with Crippen molar-refractivity contribution < 1.29 is 9.47 Å². The Morgan fingerprint density at radius 3 is 2.48 bits per heavy atom. The Kier molecular flexibility index (Phi) is 8.88. The molecule has 0 aromatic heterocycles. The van der Waals surface area contributed by atoms with Gasteiger partial charge in [0.2, 0.25) is 0 Å². The molecule has 0 radical (unpaired) electrons. The molecule has 1 aromatic rings. The third-order valence-electron chi connectivity index (χ3n) is 4.99. The number of rotatable bonds is 8. The standard InChI is InChI=1S/C21H36N4O2/c1-6-22-21(24(4)16-18-7-9-19(26-5)10-8-18)23-15-20(17(2)3)25-11-13-27-14-12-25/h7-10,17,20H,6,11-16H2,1-5H3,(H,22,23). The summed E-state index contributed by atoms with van der Waals surface area (Å²) in [5.41, 5.74) is 1.23. The van der Waals surface area contributed by atoms with Crippen molar-refractivity contribution in [3.63, 3.8) is 0 Å². The Morgan fingerprint density at radius 2 is 1.93 bits per heavy atom. The number of hydrogen-bond donors (Lipinski definition) is 1. The van der Waals surface area contributed by atoms with Gasteiger partial charge >= 0.3 is 0 Å². The highest BCUT2D eigenvalue weighted by Gasteiger charge is 2.23. The average molecular weight is 377 g/mol. The minimum absolute atomic E-state index is 0.442. The molecule has 6 nitrogen and oxygen atoms in total. The number of nitrogens with one attached hydrogen (secondary N) is 1. The van der Waals surface area contributed by atoms with E-state index >= 15 is 0 Å². The zero-order chi connectivity index (χ0) is 19.6. The van der Waals surface area contributed by atoms with E-state index in [1.54, 1.807) is 7.11 Å². The SMILES string of the molecule is CCNC(=NCC(C(C)C)N1CCOCC1)N(C)Cc1ccc(OC)cc1. The van der Waals surface area contributed by atoms with Gasteiger partial charge in [-0.3, -0.25) is 9.89 Å². The van der Waals surface area contributed by atoms with Crippen LogP contribution in [0.3, 0.4) is 0 Å². The van der Waals surface area contributed by atoms with Crippen LogP contribution in [0.4, 0.5) is 0 Å². The van der Waals surface area contributed by atoms with Crippen LogP contribution in [0.15, 0.2) is 29.3 Å². The van der Waals surface area contributed by atoms with E-state index in [9.17, 15) is 0 Å².